The van der Waals surface area contributed by atoms with Crippen molar-refractivity contribution >= 4 is 23.1 Å². The lowest BCUT2D eigenvalue weighted by Gasteiger charge is -2.14. The van der Waals surface area contributed by atoms with E-state index in [4.69, 9.17) is 17.3 Å². The van der Waals surface area contributed by atoms with Gasteiger partial charge in [0.15, 0.2) is 5.78 Å². The first-order valence-electron chi connectivity index (χ1n) is 6.63. The summed E-state index contributed by atoms with van der Waals surface area (Å²) in [5.74, 6) is -0.122. The van der Waals surface area contributed by atoms with Gasteiger partial charge in [-0.05, 0) is 18.2 Å². The Bertz CT molecular complexity index is 617. The number of nitrogens with two attached hydrogens (primary N) is 1. The quantitative estimate of drug-likeness (QED) is 0.716. The van der Waals surface area contributed by atoms with Gasteiger partial charge in [0.25, 0.3) is 0 Å². The molecule has 2 aromatic carbocycles. The maximum Gasteiger partial charge on any atom is 0.195 e. The standard InChI is InChI=1S/C16H17ClN2O2/c17-12-6-7-15(19-10-13(20)9-18)14(8-12)16(21)11-4-2-1-3-5-11/h1-8,13,19-20H,9-10,18H2. The Morgan fingerprint density at radius 1 is 1.24 bits per heavy atom. The number of ketones is 1. The summed E-state index contributed by atoms with van der Waals surface area (Å²) in [6, 6.07) is 14.0. The van der Waals surface area contributed by atoms with E-state index in [1.54, 1.807) is 30.3 Å². The molecule has 0 aliphatic heterocycles. The van der Waals surface area contributed by atoms with Gasteiger partial charge in [0.1, 0.15) is 0 Å². The lowest BCUT2D eigenvalue weighted by Crippen LogP contribution is -2.28. The highest BCUT2D eigenvalue weighted by Crippen LogP contribution is 2.23. The molecule has 0 bridgehead atoms. The molecule has 0 aliphatic rings. The second kappa shape index (κ2) is 7.22. The number of carbonyl (C=O) groups is 1. The molecule has 5 heteroatoms. The molecule has 2 aromatic rings. The third kappa shape index (κ3) is 4.04. The SMILES string of the molecule is NCC(O)CNc1ccc(Cl)cc1C(=O)c1ccccc1. The highest BCUT2D eigenvalue weighted by Gasteiger charge is 2.14. The van der Waals surface area contributed by atoms with Crippen LogP contribution in [-0.2, 0) is 0 Å². The van der Waals surface area contributed by atoms with Crippen molar-refractivity contribution < 1.29 is 9.90 Å². The summed E-state index contributed by atoms with van der Waals surface area (Å²) in [6.45, 7) is 0.426. The Morgan fingerprint density at radius 3 is 2.62 bits per heavy atom. The van der Waals surface area contributed by atoms with Crippen LogP contribution in [0, 0.1) is 0 Å². The first-order valence-corrected chi connectivity index (χ1v) is 7.01. The van der Waals surface area contributed by atoms with Crippen molar-refractivity contribution in [2.75, 3.05) is 18.4 Å². The van der Waals surface area contributed by atoms with Crippen molar-refractivity contribution in [3.05, 3.63) is 64.7 Å². The van der Waals surface area contributed by atoms with Crippen molar-refractivity contribution in [1.82, 2.24) is 0 Å². The number of hydrogen-bond acceptors (Lipinski definition) is 4. The molecular formula is C16H17ClN2O2. The number of nitrogens with one attached hydrogen (secondary N) is 1. The maximum absolute atomic E-state index is 12.5. The Kier molecular flexibility index (Phi) is 5.33. The number of rotatable bonds is 6. The molecule has 4 N–H and O–H groups in total. The van der Waals surface area contributed by atoms with Crippen molar-refractivity contribution in [2.24, 2.45) is 5.73 Å². The first-order chi connectivity index (χ1) is 10.1. The Hall–Kier alpha value is -1.88. The average molecular weight is 305 g/mol. The van der Waals surface area contributed by atoms with E-state index < -0.39 is 6.10 Å². The van der Waals surface area contributed by atoms with Gasteiger partial charge in [-0.25, -0.2) is 0 Å². The van der Waals surface area contributed by atoms with Crippen LogP contribution >= 0.6 is 11.6 Å². The smallest absolute Gasteiger partial charge is 0.195 e. The number of benzene rings is 2. The van der Waals surface area contributed by atoms with Gasteiger partial charge in [-0.2, -0.15) is 0 Å². The van der Waals surface area contributed by atoms with Crippen molar-refractivity contribution in [3.63, 3.8) is 0 Å². The average Bonchev–Trinajstić information content (AvgIpc) is 2.53. The fraction of sp³-hybridized carbons (Fsp3) is 0.188. The summed E-state index contributed by atoms with van der Waals surface area (Å²) in [5, 5.41) is 13.0. The summed E-state index contributed by atoms with van der Waals surface area (Å²) in [4.78, 5) is 12.5. The van der Waals surface area contributed by atoms with E-state index in [2.05, 4.69) is 5.32 Å². The van der Waals surface area contributed by atoms with Gasteiger partial charge >= 0.3 is 0 Å². The van der Waals surface area contributed by atoms with Crippen LogP contribution < -0.4 is 11.1 Å². The van der Waals surface area contributed by atoms with E-state index in [1.807, 2.05) is 18.2 Å². The zero-order valence-electron chi connectivity index (χ0n) is 11.4. The number of hydrogen-bond donors (Lipinski definition) is 3. The number of carbonyl (C=O) groups excluding carboxylic acids is 1. The molecule has 21 heavy (non-hydrogen) atoms. The van der Waals surface area contributed by atoms with Crippen LogP contribution in [-0.4, -0.2) is 30.1 Å². The van der Waals surface area contributed by atoms with Gasteiger partial charge in [-0.15, -0.1) is 0 Å². The number of halogens is 1. The van der Waals surface area contributed by atoms with E-state index in [9.17, 15) is 9.90 Å². The molecule has 0 fully saturated rings. The minimum absolute atomic E-state index is 0.122. The Labute approximate surface area is 128 Å². The molecular weight excluding hydrogens is 288 g/mol. The van der Waals surface area contributed by atoms with Crippen LogP contribution in [0.1, 0.15) is 15.9 Å². The predicted molar refractivity (Wildman–Crippen MR) is 84.9 cm³/mol. The second-order valence-electron chi connectivity index (χ2n) is 4.66. The third-order valence-electron chi connectivity index (χ3n) is 3.06. The number of aliphatic hydroxyl groups is 1. The first kappa shape index (κ1) is 15.5. The van der Waals surface area contributed by atoms with E-state index in [-0.39, 0.29) is 18.9 Å². The minimum Gasteiger partial charge on any atom is -0.390 e. The molecule has 0 spiro atoms. The van der Waals surface area contributed by atoms with Gasteiger partial charge in [0.2, 0.25) is 0 Å². The summed E-state index contributed by atoms with van der Waals surface area (Å²) < 4.78 is 0. The molecule has 1 atom stereocenters. The summed E-state index contributed by atoms with van der Waals surface area (Å²) in [5.41, 5.74) is 7.05. The normalized spacial score (nSPS) is 12.0. The van der Waals surface area contributed by atoms with Gasteiger partial charge in [-0.3, -0.25) is 4.79 Å². The highest BCUT2D eigenvalue weighted by atomic mass is 35.5. The van der Waals surface area contributed by atoms with Crippen LogP contribution in [0.5, 0.6) is 0 Å². The van der Waals surface area contributed by atoms with Crippen molar-refractivity contribution in [2.45, 2.75) is 6.10 Å². The Balaban J connectivity index is 2.29. The van der Waals surface area contributed by atoms with Gasteiger partial charge < -0.3 is 16.2 Å². The largest absolute Gasteiger partial charge is 0.390 e. The molecule has 1 unspecified atom stereocenters. The Morgan fingerprint density at radius 2 is 1.95 bits per heavy atom. The van der Waals surface area contributed by atoms with Crippen molar-refractivity contribution in [3.8, 4) is 0 Å². The highest BCUT2D eigenvalue weighted by molar-refractivity contribution is 6.31. The lowest BCUT2D eigenvalue weighted by molar-refractivity contribution is 0.103. The number of aliphatic hydroxyl groups excluding tert-OH is 1. The monoisotopic (exact) mass is 304 g/mol. The molecule has 0 aromatic heterocycles. The zero-order chi connectivity index (χ0) is 15.2. The molecule has 0 saturated heterocycles. The van der Waals surface area contributed by atoms with Gasteiger partial charge in [0, 0.05) is 34.9 Å². The van der Waals surface area contributed by atoms with E-state index in [0.717, 1.165) is 0 Å². The summed E-state index contributed by atoms with van der Waals surface area (Å²) in [6.07, 6.45) is -0.666. The molecule has 110 valence electrons. The van der Waals surface area contributed by atoms with Crippen molar-refractivity contribution in [1.29, 1.82) is 0 Å². The fourth-order valence-electron chi connectivity index (χ4n) is 1.91. The topological polar surface area (TPSA) is 75.3 Å². The fourth-order valence-corrected chi connectivity index (χ4v) is 2.09. The number of anilines is 1. The predicted octanol–water partition coefficient (Wildman–Crippen LogP) is 2.30. The zero-order valence-corrected chi connectivity index (χ0v) is 12.2. The van der Waals surface area contributed by atoms with Crippen LogP contribution in [0.3, 0.4) is 0 Å². The summed E-state index contributed by atoms with van der Waals surface area (Å²) in [7, 11) is 0. The second-order valence-corrected chi connectivity index (χ2v) is 5.09. The van der Waals surface area contributed by atoms with Gasteiger partial charge in [-0.1, -0.05) is 41.9 Å². The molecule has 0 amide bonds. The van der Waals surface area contributed by atoms with E-state index >= 15 is 0 Å². The molecule has 0 saturated carbocycles. The lowest BCUT2D eigenvalue weighted by atomic mass is 10.0. The molecule has 2 rings (SSSR count). The van der Waals surface area contributed by atoms with Crippen LogP contribution in [0.2, 0.25) is 5.02 Å². The summed E-state index contributed by atoms with van der Waals surface area (Å²) >= 11 is 5.99. The minimum atomic E-state index is -0.666. The third-order valence-corrected chi connectivity index (χ3v) is 3.30. The van der Waals surface area contributed by atoms with Crippen LogP contribution in [0.4, 0.5) is 5.69 Å². The van der Waals surface area contributed by atoms with Crippen LogP contribution in [0.15, 0.2) is 48.5 Å². The van der Waals surface area contributed by atoms with Crippen LogP contribution in [0.25, 0.3) is 0 Å². The maximum atomic E-state index is 12.5. The molecule has 0 radical (unpaired) electrons. The van der Waals surface area contributed by atoms with E-state index in [0.29, 0.717) is 21.8 Å². The molecule has 4 nitrogen and oxygen atoms in total. The van der Waals surface area contributed by atoms with E-state index in [1.165, 1.54) is 0 Å². The van der Waals surface area contributed by atoms with Gasteiger partial charge in [0.05, 0.1) is 6.10 Å². The molecule has 0 heterocycles. The molecule has 0 aliphatic carbocycles.